The van der Waals surface area contributed by atoms with Crippen LogP contribution in [0.4, 0.5) is 10.5 Å². The van der Waals surface area contributed by atoms with E-state index in [0.717, 1.165) is 32.0 Å². The number of para-hydroxylation sites is 1. The Kier molecular flexibility index (Phi) is 4.41. The first-order chi connectivity index (χ1) is 10.3. The molecule has 1 aliphatic heterocycles. The zero-order valence-corrected chi connectivity index (χ0v) is 12.3. The first kappa shape index (κ1) is 14.4. The summed E-state index contributed by atoms with van der Waals surface area (Å²) < 4.78 is 5.43. The number of hydrogen-bond acceptors (Lipinski definition) is 3. The molecule has 114 valence electrons. The van der Waals surface area contributed by atoms with E-state index in [1.54, 1.807) is 0 Å². The van der Waals surface area contributed by atoms with Crippen LogP contribution in [0, 0.1) is 0 Å². The molecule has 21 heavy (non-hydrogen) atoms. The molecule has 1 aromatic rings. The number of carbonyl (C=O) groups excluding carboxylic acids is 1. The highest BCUT2D eigenvalue weighted by Crippen LogP contribution is 2.37. The number of rotatable bonds is 4. The number of carbonyl (C=O) groups is 1. The molecule has 1 aliphatic carbocycles. The maximum Gasteiger partial charge on any atom is 0.319 e. The average molecular weight is 289 g/mol. The van der Waals surface area contributed by atoms with Gasteiger partial charge in [-0.1, -0.05) is 18.2 Å². The van der Waals surface area contributed by atoms with Crippen molar-refractivity contribution >= 4 is 11.7 Å². The summed E-state index contributed by atoms with van der Waals surface area (Å²) in [6.07, 6.45) is 3.58. The number of nitrogens with zero attached hydrogens (tertiary/aromatic N) is 1. The van der Waals surface area contributed by atoms with Gasteiger partial charge in [0.05, 0.1) is 13.2 Å². The molecule has 0 spiro atoms. The molecule has 0 radical (unpaired) electrons. The van der Waals surface area contributed by atoms with Crippen LogP contribution in [0.1, 0.15) is 19.3 Å². The van der Waals surface area contributed by atoms with E-state index in [-0.39, 0.29) is 11.6 Å². The molecule has 1 aromatic carbocycles. The predicted molar refractivity (Wildman–Crippen MR) is 82.4 cm³/mol. The Balaban J connectivity index is 1.52. The van der Waals surface area contributed by atoms with Crippen molar-refractivity contribution < 1.29 is 9.53 Å². The van der Waals surface area contributed by atoms with Crippen LogP contribution in [0.3, 0.4) is 0 Å². The third-order valence-corrected chi connectivity index (χ3v) is 4.58. The summed E-state index contributed by atoms with van der Waals surface area (Å²) in [6.45, 7) is 4.27. The van der Waals surface area contributed by atoms with Crippen LogP contribution in [0.2, 0.25) is 0 Å². The molecule has 0 bridgehead atoms. The van der Waals surface area contributed by atoms with Crippen LogP contribution in [-0.4, -0.2) is 49.3 Å². The normalized spacial score (nSPS) is 21.3. The molecule has 1 heterocycles. The molecule has 3 rings (SSSR count). The second-order valence-electron chi connectivity index (χ2n) is 5.85. The maximum atomic E-state index is 12.0. The van der Waals surface area contributed by atoms with E-state index < -0.39 is 0 Å². The van der Waals surface area contributed by atoms with Crippen molar-refractivity contribution in [3.63, 3.8) is 0 Å². The zero-order chi connectivity index (χ0) is 14.5. The number of benzene rings is 1. The summed E-state index contributed by atoms with van der Waals surface area (Å²) >= 11 is 0. The molecule has 5 nitrogen and oxygen atoms in total. The predicted octanol–water partition coefficient (Wildman–Crippen LogP) is 2.06. The summed E-state index contributed by atoms with van der Waals surface area (Å²) in [5.74, 6) is 0. The van der Waals surface area contributed by atoms with Crippen LogP contribution in [0.5, 0.6) is 0 Å². The molecule has 2 N–H and O–H groups in total. The number of anilines is 1. The molecule has 2 amide bonds. The lowest BCUT2D eigenvalue weighted by atomic mass is 9.75. The highest BCUT2D eigenvalue weighted by molar-refractivity contribution is 5.89. The van der Waals surface area contributed by atoms with Gasteiger partial charge >= 0.3 is 6.03 Å². The first-order valence-corrected chi connectivity index (χ1v) is 7.71. The SMILES string of the molecule is O=C(NCC1(N2CCOCC2)CCC1)Nc1ccccc1. The molecular formula is C16H23N3O2. The Morgan fingerprint density at radius 1 is 1.19 bits per heavy atom. The van der Waals surface area contributed by atoms with Gasteiger partial charge in [0.15, 0.2) is 0 Å². The molecule has 0 atom stereocenters. The highest BCUT2D eigenvalue weighted by atomic mass is 16.5. The van der Waals surface area contributed by atoms with E-state index >= 15 is 0 Å². The van der Waals surface area contributed by atoms with Crippen LogP contribution >= 0.6 is 0 Å². The zero-order valence-electron chi connectivity index (χ0n) is 12.3. The number of morpholine rings is 1. The van der Waals surface area contributed by atoms with Gasteiger partial charge < -0.3 is 15.4 Å². The molecule has 0 aromatic heterocycles. The number of ether oxygens (including phenoxy) is 1. The van der Waals surface area contributed by atoms with Crippen molar-refractivity contribution in [2.24, 2.45) is 0 Å². The van der Waals surface area contributed by atoms with Crippen LogP contribution < -0.4 is 10.6 Å². The maximum absolute atomic E-state index is 12.0. The summed E-state index contributed by atoms with van der Waals surface area (Å²) in [6, 6.07) is 9.42. The third kappa shape index (κ3) is 3.36. The molecule has 2 fully saturated rings. The standard InChI is InChI=1S/C16H23N3O2/c20-15(18-14-5-2-1-3-6-14)17-13-16(7-4-8-16)19-9-11-21-12-10-19/h1-3,5-6H,4,7-13H2,(H2,17,18,20). The fraction of sp³-hybridized carbons (Fsp3) is 0.562. The second-order valence-corrected chi connectivity index (χ2v) is 5.85. The summed E-state index contributed by atoms with van der Waals surface area (Å²) in [5.41, 5.74) is 0.974. The topological polar surface area (TPSA) is 53.6 Å². The molecular weight excluding hydrogens is 266 g/mol. The van der Waals surface area contributed by atoms with Crippen molar-refractivity contribution in [2.45, 2.75) is 24.8 Å². The van der Waals surface area contributed by atoms with Crippen molar-refractivity contribution in [2.75, 3.05) is 38.2 Å². The van der Waals surface area contributed by atoms with Gasteiger partial charge in [-0.3, -0.25) is 4.90 Å². The van der Waals surface area contributed by atoms with Crippen LogP contribution in [-0.2, 0) is 4.74 Å². The summed E-state index contributed by atoms with van der Waals surface area (Å²) in [5, 5.41) is 5.91. The van der Waals surface area contributed by atoms with Crippen LogP contribution in [0.25, 0.3) is 0 Å². The number of nitrogens with one attached hydrogen (secondary N) is 2. The van der Waals surface area contributed by atoms with Gasteiger partial charge in [0, 0.05) is 30.9 Å². The van der Waals surface area contributed by atoms with Gasteiger partial charge in [-0.05, 0) is 31.4 Å². The molecule has 2 aliphatic rings. The Labute approximate surface area is 125 Å². The van der Waals surface area contributed by atoms with Gasteiger partial charge in [0.2, 0.25) is 0 Å². The third-order valence-electron chi connectivity index (χ3n) is 4.58. The fourth-order valence-corrected chi connectivity index (χ4v) is 3.17. The number of urea groups is 1. The van der Waals surface area contributed by atoms with Crippen LogP contribution in [0.15, 0.2) is 30.3 Å². The smallest absolute Gasteiger partial charge is 0.319 e. The largest absolute Gasteiger partial charge is 0.379 e. The molecule has 1 saturated heterocycles. The Morgan fingerprint density at radius 2 is 1.90 bits per heavy atom. The Bertz CT molecular complexity index is 468. The number of hydrogen-bond donors (Lipinski definition) is 2. The van der Waals surface area contributed by atoms with Crippen molar-refractivity contribution in [1.82, 2.24) is 10.2 Å². The minimum Gasteiger partial charge on any atom is -0.379 e. The quantitative estimate of drug-likeness (QED) is 0.892. The highest BCUT2D eigenvalue weighted by Gasteiger charge is 2.42. The van der Waals surface area contributed by atoms with Gasteiger partial charge in [-0.2, -0.15) is 0 Å². The molecule has 1 saturated carbocycles. The average Bonchev–Trinajstić information content (AvgIpc) is 2.48. The van der Waals surface area contributed by atoms with E-state index in [0.29, 0.717) is 6.54 Å². The van der Waals surface area contributed by atoms with Gasteiger partial charge in [0.1, 0.15) is 0 Å². The van der Waals surface area contributed by atoms with E-state index in [9.17, 15) is 4.79 Å². The van der Waals surface area contributed by atoms with Crippen molar-refractivity contribution in [1.29, 1.82) is 0 Å². The Morgan fingerprint density at radius 3 is 2.52 bits per heavy atom. The minimum atomic E-state index is -0.124. The lowest BCUT2D eigenvalue weighted by Gasteiger charge is -2.51. The second kappa shape index (κ2) is 6.45. The van der Waals surface area contributed by atoms with E-state index in [4.69, 9.17) is 4.74 Å². The van der Waals surface area contributed by atoms with Gasteiger partial charge in [-0.25, -0.2) is 4.79 Å². The van der Waals surface area contributed by atoms with E-state index in [2.05, 4.69) is 15.5 Å². The van der Waals surface area contributed by atoms with Crippen molar-refractivity contribution in [3.05, 3.63) is 30.3 Å². The summed E-state index contributed by atoms with van der Waals surface area (Å²) in [7, 11) is 0. The minimum absolute atomic E-state index is 0.124. The summed E-state index contributed by atoms with van der Waals surface area (Å²) in [4.78, 5) is 14.5. The Hall–Kier alpha value is -1.59. The molecule has 5 heteroatoms. The first-order valence-electron chi connectivity index (χ1n) is 7.71. The van der Waals surface area contributed by atoms with Gasteiger partial charge in [-0.15, -0.1) is 0 Å². The lowest BCUT2D eigenvalue weighted by molar-refractivity contribution is -0.0535. The van der Waals surface area contributed by atoms with E-state index in [1.165, 1.54) is 19.3 Å². The van der Waals surface area contributed by atoms with Gasteiger partial charge in [0.25, 0.3) is 0 Å². The lowest BCUT2D eigenvalue weighted by Crippen LogP contribution is -2.62. The van der Waals surface area contributed by atoms with E-state index in [1.807, 2.05) is 30.3 Å². The monoisotopic (exact) mass is 289 g/mol. The fourth-order valence-electron chi connectivity index (χ4n) is 3.17. The van der Waals surface area contributed by atoms with Crippen molar-refractivity contribution in [3.8, 4) is 0 Å². The molecule has 0 unspecified atom stereocenters. The number of amides is 2.